The molecule has 1 aliphatic heterocycles. The Balaban J connectivity index is 1.19. The van der Waals surface area contributed by atoms with Crippen LogP contribution in [0.3, 0.4) is 0 Å². The quantitative estimate of drug-likeness (QED) is 0.192. The van der Waals surface area contributed by atoms with Crippen LogP contribution < -0.4 is 10.6 Å². The topological polar surface area (TPSA) is 118 Å². The highest BCUT2D eigenvalue weighted by Crippen LogP contribution is 2.32. The average molecular weight is 700 g/mol. The van der Waals surface area contributed by atoms with Gasteiger partial charge in [0.2, 0.25) is 10.6 Å². The predicted molar refractivity (Wildman–Crippen MR) is 176 cm³/mol. The maximum Gasteiger partial charge on any atom is 0.409 e. The summed E-state index contributed by atoms with van der Waals surface area (Å²) in [6.07, 6.45) is 1.85. The molecule has 0 saturated carbocycles. The minimum atomic E-state index is -0.329. The largest absolute Gasteiger partial charge is 0.450 e. The van der Waals surface area contributed by atoms with Crippen LogP contribution in [0.15, 0.2) is 64.5 Å². The molecule has 230 valence electrons. The molecule has 3 aromatic carbocycles. The third-order valence-electron chi connectivity index (χ3n) is 7.40. The Morgan fingerprint density at radius 2 is 1.80 bits per heavy atom. The SMILES string of the molecule is CCOC(=O)N1CCC(NC(=O)c2ccc(NC(=O)CSc3nnc(Br)n3-c3ccc(CC)c4ccccc34)c(Cl)c2)CC1. The lowest BCUT2D eigenvalue weighted by atomic mass is 10.0. The van der Waals surface area contributed by atoms with Crippen LogP contribution in [0.25, 0.3) is 16.5 Å². The lowest BCUT2D eigenvalue weighted by Crippen LogP contribution is -2.46. The number of aromatic nitrogens is 3. The zero-order chi connectivity index (χ0) is 31.2. The number of rotatable bonds is 9. The summed E-state index contributed by atoms with van der Waals surface area (Å²) in [5.41, 5.74) is 2.95. The van der Waals surface area contributed by atoms with Crippen molar-refractivity contribution in [1.29, 1.82) is 0 Å². The molecular formula is C31H32BrClN6O4S. The maximum atomic E-state index is 12.9. The van der Waals surface area contributed by atoms with E-state index in [-0.39, 0.29) is 34.7 Å². The van der Waals surface area contributed by atoms with Crippen LogP contribution in [-0.2, 0) is 16.0 Å². The van der Waals surface area contributed by atoms with Gasteiger partial charge in [0.1, 0.15) is 0 Å². The van der Waals surface area contributed by atoms with Crippen LogP contribution in [0.5, 0.6) is 0 Å². The second kappa shape index (κ2) is 14.4. The fourth-order valence-electron chi connectivity index (χ4n) is 5.16. The summed E-state index contributed by atoms with van der Waals surface area (Å²) in [5.74, 6) is -0.474. The molecule has 0 spiro atoms. The van der Waals surface area contributed by atoms with Gasteiger partial charge >= 0.3 is 6.09 Å². The number of hydrogen-bond acceptors (Lipinski definition) is 7. The Bertz CT molecular complexity index is 1690. The molecule has 2 heterocycles. The summed E-state index contributed by atoms with van der Waals surface area (Å²) in [5, 5.41) is 17.4. The van der Waals surface area contributed by atoms with E-state index in [1.807, 2.05) is 22.8 Å². The number of halogens is 2. The molecule has 4 aromatic rings. The number of aryl methyl sites for hydroxylation is 1. The third-order valence-corrected chi connectivity index (χ3v) is 9.16. The molecule has 1 fully saturated rings. The summed E-state index contributed by atoms with van der Waals surface area (Å²) in [6, 6.07) is 17.0. The van der Waals surface area contributed by atoms with E-state index in [1.54, 1.807) is 24.0 Å². The van der Waals surface area contributed by atoms with Crippen molar-refractivity contribution in [2.45, 2.75) is 44.3 Å². The normalized spacial score (nSPS) is 13.6. The molecule has 0 aliphatic carbocycles. The molecule has 13 heteroatoms. The third kappa shape index (κ3) is 7.19. The second-order valence-corrected chi connectivity index (χ2v) is 12.3. The predicted octanol–water partition coefficient (Wildman–Crippen LogP) is 6.48. The van der Waals surface area contributed by atoms with Crippen LogP contribution in [0.1, 0.15) is 42.6 Å². The minimum absolute atomic E-state index is 0.0620. The molecular weight excluding hydrogens is 668 g/mol. The molecule has 5 rings (SSSR count). The van der Waals surface area contributed by atoms with Crippen molar-refractivity contribution in [3.63, 3.8) is 0 Å². The summed E-state index contributed by atoms with van der Waals surface area (Å²) in [6.45, 7) is 5.27. The van der Waals surface area contributed by atoms with Crippen molar-refractivity contribution in [3.8, 4) is 5.69 Å². The smallest absolute Gasteiger partial charge is 0.409 e. The fourth-order valence-corrected chi connectivity index (χ4v) is 6.69. The van der Waals surface area contributed by atoms with Gasteiger partial charge in [0.15, 0.2) is 5.16 Å². The number of ether oxygens (including phenoxy) is 1. The first-order valence-corrected chi connectivity index (χ1v) is 16.5. The van der Waals surface area contributed by atoms with E-state index in [0.29, 0.717) is 53.7 Å². The van der Waals surface area contributed by atoms with Crippen molar-refractivity contribution in [2.24, 2.45) is 0 Å². The van der Waals surface area contributed by atoms with Crippen molar-refractivity contribution < 1.29 is 19.1 Å². The van der Waals surface area contributed by atoms with Crippen molar-refractivity contribution >= 4 is 73.7 Å². The first kappa shape index (κ1) is 31.8. The number of fused-ring (bicyclic) bond motifs is 1. The average Bonchev–Trinajstić information content (AvgIpc) is 3.40. The number of likely N-dealkylation sites (tertiary alicyclic amines) is 1. The number of thioether (sulfide) groups is 1. The summed E-state index contributed by atoms with van der Waals surface area (Å²) < 4.78 is 7.47. The van der Waals surface area contributed by atoms with Crippen molar-refractivity contribution in [1.82, 2.24) is 25.0 Å². The Morgan fingerprint density at radius 3 is 2.50 bits per heavy atom. The van der Waals surface area contributed by atoms with Crippen molar-refractivity contribution in [3.05, 3.63) is 75.5 Å². The molecule has 0 atom stereocenters. The summed E-state index contributed by atoms with van der Waals surface area (Å²) >= 11 is 11.2. The van der Waals surface area contributed by atoms with E-state index in [0.717, 1.165) is 22.9 Å². The zero-order valence-corrected chi connectivity index (χ0v) is 27.5. The lowest BCUT2D eigenvalue weighted by molar-refractivity contribution is -0.113. The van der Waals surface area contributed by atoms with Gasteiger partial charge in [-0.3, -0.25) is 14.2 Å². The molecule has 2 N–H and O–H groups in total. The second-order valence-electron chi connectivity index (χ2n) is 10.2. The van der Waals surface area contributed by atoms with Gasteiger partial charge in [-0.25, -0.2) is 4.79 Å². The van der Waals surface area contributed by atoms with E-state index in [4.69, 9.17) is 16.3 Å². The number of carbonyl (C=O) groups is 3. The van der Waals surface area contributed by atoms with Crippen LogP contribution in [0.4, 0.5) is 10.5 Å². The zero-order valence-electron chi connectivity index (χ0n) is 24.3. The standard InChI is InChI=1S/C31H32BrClN6O4S/c1-3-19-10-12-26(23-8-6-5-7-22(19)23)39-29(32)36-37-30(39)44-18-27(40)35-25-11-9-20(17-24(25)33)28(41)34-21-13-15-38(16-14-21)31(42)43-4-2/h5-12,17,21H,3-4,13-16,18H2,1-2H3,(H,34,41)(H,35,40). The fraction of sp³-hybridized carbons (Fsp3) is 0.323. The van der Waals surface area contributed by atoms with E-state index in [1.165, 1.54) is 23.4 Å². The molecule has 0 bridgehead atoms. The van der Waals surface area contributed by atoms with Gasteiger partial charge in [0.05, 0.1) is 28.8 Å². The number of hydrogen-bond donors (Lipinski definition) is 2. The van der Waals surface area contributed by atoms with Gasteiger partial charge in [-0.2, -0.15) is 0 Å². The van der Waals surface area contributed by atoms with Crippen LogP contribution in [-0.4, -0.2) is 69.1 Å². The molecule has 1 aliphatic rings. The van der Waals surface area contributed by atoms with Gasteiger partial charge < -0.3 is 20.3 Å². The highest BCUT2D eigenvalue weighted by molar-refractivity contribution is 9.10. The van der Waals surface area contributed by atoms with Gasteiger partial charge in [-0.15, -0.1) is 10.2 Å². The lowest BCUT2D eigenvalue weighted by Gasteiger charge is -2.31. The highest BCUT2D eigenvalue weighted by atomic mass is 79.9. The number of nitrogens with zero attached hydrogens (tertiary/aromatic N) is 4. The Kier molecular flexibility index (Phi) is 10.4. The van der Waals surface area contributed by atoms with E-state index in [9.17, 15) is 14.4 Å². The molecule has 1 saturated heterocycles. The van der Waals surface area contributed by atoms with Gasteiger partial charge in [0.25, 0.3) is 5.91 Å². The highest BCUT2D eigenvalue weighted by Gasteiger charge is 2.25. The number of anilines is 1. The Labute approximate surface area is 273 Å². The number of carbonyl (C=O) groups excluding carboxylic acids is 3. The number of nitrogens with one attached hydrogen (secondary N) is 2. The molecule has 1 aromatic heterocycles. The van der Waals surface area contributed by atoms with E-state index < -0.39 is 0 Å². The van der Waals surface area contributed by atoms with Gasteiger partial charge in [0, 0.05) is 30.1 Å². The van der Waals surface area contributed by atoms with Crippen molar-refractivity contribution in [2.75, 3.05) is 30.8 Å². The Hall–Kier alpha value is -3.61. The first-order valence-electron chi connectivity index (χ1n) is 14.4. The number of piperidine rings is 1. The minimum Gasteiger partial charge on any atom is -0.450 e. The molecule has 10 nitrogen and oxygen atoms in total. The number of benzene rings is 3. The monoisotopic (exact) mass is 698 g/mol. The first-order chi connectivity index (χ1) is 21.3. The molecule has 0 radical (unpaired) electrons. The molecule has 44 heavy (non-hydrogen) atoms. The van der Waals surface area contributed by atoms with Crippen LogP contribution in [0.2, 0.25) is 5.02 Å². The van der Waals surface area contributed by atoms with E-state index in [2.05, 4.69) is 61.9 Å². The van der Waals surface area contributed by atoms with E-state index >= 15 is 0 Å². The Morgan fingerprint density at radius 1 is 1.05 bits per heavy atom. The van der Waals surface area contributed by atoms with Crippen LogP contribution >= 0.6 is 39.3 Å². The van der Waals surface area contributed by atoms with Gasteiger partial charge in [-0.1, -0.05) is 60.6 Å². The molecule has 0 unspecified atom stereocenters. The summed E-state index contributed by atoms with van der Waals surface area (Å²) in [7, 11) is 0. The van der Waals surface area contributed by atoms with Crippen LogP contribution in [0, 0.1) is 0 Å². The van der Waals surface area contributed by atoms with Gasteiger partial charge in [-0.05, 0) is 77.3 Å². The number of amides is 3. The summed E-state index contributed by atoms with van der Waals surface area (Å²) in [4.78, 5) is 39.3. The molecule has 3 amide bonds. The maximum absolute atomic E-state index is 12.9.